The Hall–Kier alpha value is -8.24. The minimum absolute atomic E-state index is 0.224. The number of rotatable bonds is 10. The van der Waals surface area contributed by atoms with Crippen LogP contribution in [0.2, 0.25) is 0 Å². The van der Waals surface area contributed by atoms with Gasteiger partial charge in [0, 0.05) is 67.0 Å². The Labute approximate surface area is 374 Å². The zero-order valence-corrected chi connectivity index (χ0v) is 36.1. The summed E-state index contributed by atoms with van der Waals surface area (Å²) in [6, 6.07) is 40.7. The molecular weight excluding hydrogens is 829 g/mol. The second-order valence-electron chi connectivity index (χ2n) is 16.9. The minimum atomic E-state index is -0.443. The molecule has 9 aromatic carbocycles. The Morgan fingerprint density at radius 1 is 0.379 bits per heavy atom. The zero-order chi connectivity index (χ0) is 44.8. The molecule has 12 rings (SSSR count). The molecule has 0 aliphatic heterocycles. The molecule has 0 spiro atoms. The van der Waals surface area contributed by atoms with E-state index in [0.717, 1.165) is 23.6 Å². The third-order valence-electron chi connectivity index (χ3n) is 13.0. The van der Waals surface area contributed by atoms with Gasteiger partial charge in [0.1, 0.15) is 45.3 Å². The molecule has 0 amide bonds. The van der Waals surface area contributed by atoms with Gasteiger partial charge in [0.15, 0.2) is 0 Å². The van der Waals surface area contributed by atoms with E-state index in [1.54, 1.807) is 24.3 Å². The molecule has 10 nitrogen and oxygen atoms in total. The van der Waals surface area contributed by atoms with Crippen LogP contribution in [0.3, 0.4) is 0 Å². The van der Waals surface area contributed by atoms with E-state index in [4.69, 9.17) is 18.3 Å². The van der Waals surface area contributed by atoms with Crippen molar-refractivity contribution in [3.05, 3.63) is 175 Å². The van der Waals surface area contributed by atoms with Gasteiger partial charge in [-0.05, 0) is 73.5 Å². The first-order chi connectivity index (χ1) is 32.3. The van der Waals surface area contributed by atoms with Crippen LogP contribution in [0.4, 0.5) is 0 Å². The number of hydrogen-bond donors (Lipinski definition) is 0. The second-order valence-corrected chi connectivity index (χ2v) is 16.9. The third-order valence-corrected chi connectivity index (χ3v) is 13.0. The van der Waals surface area contributed by atoms with Gasteiger partial charge in [-0.15, -0.1) is 0 Å². The SMILES string of the molecule is CCCCn1c(=O)c2cc(Oc3ccccc3)c3c4c(Oc5ccccc5)cc5c(=O)n(CCCC)c(=O)c6cc7oc8ccccc8c8ccccc8oc8cc(c1=O)c2c3c8c7c4c56. The molecule has 0 fully saturated rings. The van der Waals surface area contributed by atoms with Gasteiger partial charge in [0.05, 0.1) is 21.5 Å². The molecule has 0 aliphatic rings. The van der Waals surface area contributed by atoms with Crippen molar-refractivity contribution in [2.75, 3.05) is 0 Å². The zero-order valence-electron chi connectivity index (χ0n) is 36.1. The smallest absolute Gasteiger partial charge is 0.261 e. The number of hydrogen-bond acceptors (Lipinski definition) is 8. The molecule has 0 aliphatic carbocycles. The van der Waals surface area contributed by atoms with Crippen LogP contribution >= 0.6 is 0 Å². The number of aromatic nitrogens is 2. The fraction of sp³-hybridized carbons (Fsp3) is 0.143. The number of benzene rings is 9. The molecule has 0 atom stereocenters. The lowest BCUT2D eigenvalue weighted by Gasteiger charge is -2.23. The Balaban J connectivity index is 1.46. The van der Waals surface area contributed by atoms with Crippen LogP contribution in [0.5, 0.6) is 23.0 Å². The van der Waals surface area contributed by atoms with Gasteiger partial charge < -0.3 is 18.3 Å². The fourth-order valence-electron chi connectivity index (χ4n) is 9.99. The molecular formula is C56H40N2O8. The highest BCUT2D eigenvalue weighted by molar-refractivity contribution is 6.45. The summed E-state index contributed by atoms with van der Waals surface area (Å²) < 4.78 is 30.8. The van der Waals surface area contributed by atoms with E-state index < -0.39 is 22.2 Å². The molecule has 0 unspecified atom stereocenters. The molecule has 0 bridgehead atoms. The summed E-state index contributed by atoms with van der Waals surface area (Å²) in [4.78, 5) is 59.7. The number of para-hydroxylation sites is 4. The Bertz CT molecular complexity index is 3950. The van der Waals surface area contributed by atoms with Crippen LogP contribution in [-0.2, 0) is 13.1 Å². The standard InChI is InChI=1S/C56H40N2O8/c1-3-5-25-57-53(59)35-27-41(63-31-17-9-7-10-18-31)47-48-42(64-32-19-11-8-12-20-32)28-36-46-38(56(62)58(54(36)60)26-6-4-2)30-44-50(52(46)48)49-43(29-37(55(57)61)45(35)51(47)49)65-39-23-15-13-21-33(39)34-22-14-16-24-40(34)66-44/h7-24,27-30H,3-6,25-26H2,1-2H3. The summed E-state index contributed by atoms with van der Waals surface area (Å²) in [7, 11) is 0. The van der Waals surface area contributed by atoms with Gasteiger partial charge in [-0.3, -0.25) is 28.3 Å². The molecule has 0 radical (unpaired) electrons. The van der Waals surface area contributed by atoms with Crippen molar-refractivity contribution in [3.8, 4) is 23.0 Å². The molecule has 3 heterocycles. The maximum atomic E-state index is 14.9. The van der Waals surface area contributed by atoms with E-state index in [-0.39, 0.29) is 34.6 Å². The van der Waals surface area contributed by atoms with Crippen molar-refractivity contribution >= 4 is 97.7 Å². The number of pyridine rings is 2. The lowest BCUT2D eigenvalue weighted by molar-refractivity contribution is 0.485. The predicted octanol–water partition coefficient (Wildman–Crippen LogP) is 12.9. The second kappa shape index (κ2) is 15.2. The Kier molecular flexibility index (Phi) is 9.06. The van der Waals surface area contributed by atoms with Crippen molar-refractivity contribution < 1.29 is 18.3 Å². The lowest BCUT2D eigenvalue weighted by Crippen LogP contribution is -2.33. The number of ether oxygens (including phenoxy) is 2. The van der Waals surface area contributed by atoms with Crippen molar-refractivity contribution in [2.24, 2.45) is 0 Å². The topological polar surface area (TPSA) is 123 Å². The quantitative estimate of drug-likeness (QED) is 0.0983. The van der Waals surface area contributed by atoms with Gasteiger partial charge in [0.25, 0.3) is 22.2 Å². The average Bonchev–Trinajstić information content (AvgIpc) is 3.34. The summed E-state index contributed by atoms with van der Waals surface area (Å²) in [5.74, 6) is 1.59. The van der Waals surface area contributed by atoms with E-state index in [1.807, 2.05) is 123 Å². The first-order valence-electron chi connectivity index (χ1n) is 22.4. The van der Waals surface area contributed by atoms with E-state index in [0.29, 0.717) is 101 Å². The maximum Gasteiger partial charge on any atom is 0.261 e. The summed E-state index contributed by atoms with van der Waals surface area (Å²) in [6.07, 6.45) is 2.77. The van der Waals surface area contributed by atoms with E-state index in [2.05, 4.69) is 0 Å². The number of fused-ring (bicyclic) bond motifs is 4. The highest BCUT2D eigenvalue weighted by Gasteiger charge is 2.31. The molecule has 0 N–H and O–H groups in total. The Morgan fingerprint density at radius 3 is 1.14 bits per heavy atom. The van der Waals surface area contributed by atoms with E-state index >= 15 is 0 Å². The first kappa shape index (κ1) is 39.4. The van der Waals surface area contributed by atoms with Crippen LogP contribution in [-0.4, -0.2) is 9.13 Å². The van der Waals surface area contributed by atoms with Crippen molar-refractivity contribution in [1.82, 2.24) is 9.13 Å². The summed E-state index contributed by atoms with van der Waals surface area (Å²) in [5, 5.41) is 6.48. The van der Waals surface area contributed by atoms with Gasteiger partial charge in [0.2, 0.25) is 0 Å². The van der Waals surface area contributed by atoms with Gasteiger partial charge >= 0.3 is 0 Å². The summed E-state index contributed by atoms with van der Waals surface area (Å²) >= 11 is 0. The van der Waals surface area contributed by atoms with Crippen molar-refractivity contribution in [2.45, 2.75) is 52.6 Å². The summed E-state index contributed by atoms with van der Waals surface area (Å²) in [5.41, 5.74) is -0.149. The van der Waals surface area contributed by atoms with Gasteiger partial charge in [-0.2, -0.15) is 0 Å². The van der Waals surface area contributed by atoms with Crippen molar-refractivity contribution in [3.63, 3.8) is 0 Å². The normalized spacial score (nSPS) is 12.1. The fourth-order valence-corrected chi connectivity index (χ4v) is 9.99. The van der Waals surface area contributed by atoms with E-state index in [9.17, 15) is 19.2 Å². The van der Waals surface area contributed by atoms with E-state index in [1.165, 1.54) is 9.13 Å². The molecule has 10 heteroatoms. The third kappa shape index (κ3) is 5.80. The highest BCUT2D eigenvalue weighted by atomic mass is 16.5. The number of nitrogens with zero attached hydrogens (tertiary/aromatic N) is 2. The monoisotopic (exact) mass is 868 g/mol. The summed E-state index contributed by atoms with van der Waals surface area (Å²) in [6.45, 7) is 4.48. The highest BCUT2D eigenvalue weighted by Crippen LogP contribution is 2.53. The van der Waals surface area contributed by atoms with Crippen LogP contribution < -0.4 is 31.7 Å². The molecule has 322 valence electrons. The molecule has 12 aromatic rings. The average molecular weight is 869 g/mol. The molecule has 3 aromatic heterocycles. The molecule has 0 saturated heterocycles. The molecule has 0 saturated carbocycles. The van der Waals surface area contributed by atoms with Crippen LogP contribution in [0.1, 0.15) is 39.5 Å². The van der Waals surface area contributed by atoms with Gasteiger partial charge in [-0.1, -0.05) is 99.5 Å². The largest absolute Gasteiger partial charge is 0.457 e. The number of unbranched alkanes of at least 4 members (excludes halogenated alkanes) is 2. The van der Waals surface area contributed by atoms with Crippen LogP contribution in [0, 0.1) is 0 Å². The van der Waals surface area contributed by atoms with Gasteiger partial charge in [-0.25, -0.2) is 0 Å². The lowest BCUT2D eigenvalue weighted by atomic mass is 9.84. The van der Waals surface area contributed by atoms with Crippen LogP contribution in [0.25, 0.3) is 97.7 Å². The van der Waals surface area contributed by atoms with Crippen molar-refractivity contribution in [1.29, 1.82) is 0 Å². The first-order valence-corrected chi connectivity index (χ1v) is 22.4. The minimum Gasteiger partial charge on any atom is -0.457 e. The van der Waals surface area contributed by atoms with Crippen LogP contribution in [0.15, 0.2) is 161 Å². The maximum absolute atomic E-state index is 14.9. The Morgan fingerprint density at radius 2 is 0.742 bits per heavy atom. The predicted molar refractivity (Wildman–Crippen MR) is 264 cm³/mol. The molecule has 66 heavy (non-hydrogen) atoms.